The van der Waals surface area contributed by atoms with E-state index in [4.69, 9.17) is 16.3 Å². The average Bonchev–Trinajstić information content (AvgIpc) is 2.57. The largest absolute Gasteiger partial charge is 0.461 e. The van der Waals surface area contributed by atoms with E-state index in [2.05, 4.69) is 10.3 Å². The maximum Gasteiger partial charge on any atom is 0.357 e. The number of nitrogens with zero attached hydrogens (tertiary/aromatic N) is 1. The van der Waals surface area contributed by atoms with E-state index in [0.717, 1.165) is 33.4 Å². The molecule has 3 aromatic rings. The van der Waals surface area contributed by atoms with Crippen molar-refractivity contribution >= 4 is 39.8 Å². The van der Waals surface area contributed by atoms with E-state index in [9.17, 15) is 4.79 Å². The Morgan fingerprint density at radius 2 is 1.80 bits per heavy atom. The van der Waals surface area contributed by atoms with Gasteiger partial charge in [-0.2, -0.15) is 0 Å². The molecule has 4 nitrogen and oxygen atoms in total. The van der Waals surface area contributed by atoms with Crippen LogP contribution < -0.4 is 5.32 Å². The van der Waals surface area contributed by atoms with E-state index in [-0.39, 0.29) is 5.69 Å². The van der Waals surface area contributed by atoms with E-state index < -0.39 is 5.97 Å². The van der Waals surface area contributed by atoms with Crippen LogP contribution in [0.15, 0.2) is 42.5 Å². The first-order valence-corrected chi connectivity index (χ1v) is 8.47. The van der Waals surface area contributed by atoms with Crippen LogP contribution in [0.3, 0.4) is 0 Å². The van der Waals surface area contributed by atoms with Gasteiger partial charge in [0.05, 0.1) is 28.5 Å². The summed E-state index contributed by atoms with van der Waals surface area (Å²) in [6, 6.07) is 13.4. The molecule has 5 heteroatoms. The quantitative estimate of drug-likeness (QED) is 0.635. The topological polar surface area (TPSA) is 51.2 Å². The summed E-state index contributed by atoms with van der Waals surface area (Å²) in [7, 11) is 0. The fraction of sp³-hybridized carbons (Fsp3) is 0.200. The molecule has 0 aliphatic heterocycles. The number of hydrogen-bond acceptors (Lipinski definition) is 4. The van der Waals surface area contributed by atoms with Crippen LogP contribution in [0.25, 0.3) is 10.9 Å². The van der Waals surface area contributed by atoms with E-state index in [0.29, 0.717) is 11.6 Å². The molecule has 0 radical (unpaired) electrons. The van der Waals surface area contributed by atoms with Crippen LogP contribution in [-0.2, 0) is 4.74 Å². The molecule has 0 aliphatic carbocycles. The smallest absolute Gasteiger partial charge is 0.357 e. The molecule has 3 rings (SSSR count). The lowest BCUT2D eigenvalue weighted by atomic mass is 10.1. The number of nitrogens with one attached hydrogen (secondary N) is 1. The third kappa shape index (κ3) is 3.74. The van der Waals surface area contributed by atoms with Crippen molar-refractivity contribution in [2.24, 2.45) is 0 Å². The summed E-state index contributed by atoms with van der Waals surface area (Å²) in [6.45, 7) is 6.08. The third-order valence-corrected chi connectivity index (χ3v) is 4.16. The highest BCUT2D eigenvalue weighted by atomic mass is 35.5. The Bertz CT molecular complexity index is 954. The van der Waals surface area contributed by atoms with Gasteiger partial charge in [-0.3, -0.25) is 0 Å². The third-order valence-electron chi connectivity index (χ3n) is 3.84. The molecule has 0 amide bonds. The molecule has 0 spiro atoms. The second-order valence-electron chi connectivity index (χ2n) is 5.90. The predicted octanol–water partition coefficient (Wildman–Crippen LogP) is 5.43. The summed E-state index contributed by atoms with van der Waals surface area (Å²) < 4.78 is 5.09. The molecule has 1 heterocycles. The predicted molar refractivity (Wildman–Crippen MR) is 102 cm³/mol. The number of anilines is 2. The summed E-state index contributed by atoms with van der Waals surface area (Å²) in [5.74, 6) is -0.442. The van der Waals surface area contributed by atoms with Crippen LogP contribution in [0.2, 0.25) is 5.02 Å². The number of aryl methyl sites for hydroxylation is 2. The molecular weight excluding hydrogens is 336 g/mol. The Morgan fingerprint density at radius 1 is 1.08 bits per heavy atom. The first kappa shape index (κ1) is 17.2. The van der Waals surface area contributed by atoms with E-state index in [1.807, 2.05) is 50.2 Å². The highest BCUT2D eigenvalue weighted by Crippen LogP contribution is 2.31. The first-order valence-electron chi connectivity index (χ1n) is 8.09. The summed E-state index contributed by atoms with van der Waals surface area (Å²) in [5.41, 5.74) is 4.72. The lowest BCUT2D eigenvalue weighted by Gasteiger charge is -2.13. The van der Waals surface area contributed by atoms with Gasteiger partial charge in [-0.15, -0.1) is 0 Å². The van der Waals surface area contributed by atoms with Crippen LogP contribution in [0, 0.1) is 13.8 Å². The zero-order chi connectivity index (χ0) is 18.0. The number of hydrogen-bond donors (Lipinski definition) is 1. The van der Waals surface area contributed by atoms with Crippen LogP contribution in [0.4, 0.5) is 11.4 Å². The van der Waals surface area contributed by atoms with Crippen molar-refractivity contribution in [3.8, 4) is 0 Å². The molecular formula is C20H19ClN2O2. The fourth-order valence-electron chi connectivity index (χ4n) is 2.62. The zero-order valence-electron chi connectivity index (χ0n) is 14.4. The molecule has 25 heavy (non-hydrogen) atoms. The van der Waals surface area contributed by atoms with Crippen LogP contribution in [0.5, 0.6) is 0 Å². The van der Waals surface area contributed by atoms with Crippen molar-refractivity contribution in [1.29, 1.82) is 0 Å². The summed E-state index contributed by atoms with van der Waals surface area (Å²) in [5, 5.41) is 4.87. The molecule has 1 aromatic heterocycles. The van der Waals surface area contributed by atoms with Crippen LogP contribution >= 0.6 is 11.6 Å². The van der Waals surface area contributed by atoms with Gasteiger partial charge in [0.2, 0.25) is 0 Å². The molecule has 0 unspecified atom stereocenters. The van der Waals surface area contributed by atoms with Gasteiger partial charge in [0.15, 0.2) is 5.69 Å². The zero-order valence-corrected chi connectivity index (χ0v) is 15.1. The van der Waals surface area contributed by atoms with Gasteiger partial charge in [-0.05, 0) is 56.7 Å². The number of ether oxygens (including phenoxy) is 1. The molecule has 2 aromatic carbocycles. The number of aromatic nitrogens is 1. The molecule has 0 bridgehead atoms. The van der Waals surface area contributed by atoms with E-state index in [1.54, 1.807) is 13.0 Å². The van der Waals surface area contributed by atoms with Gasteiger partial charge < -0.3 is 10.1 Å². The van der Waals surface area contributed by atoms with Crippen molar-refractivity contribution in [3.05, 3.63) is 64.3 Å². The highest BCUT2D eigenvalue weighted by molar-refractivity contribution is 6.33. The number of fused-ring (bicyclic) bond motifs is 1. The van der Waals surface area contributed by atoms with Gasteiger partial charge in [0.25, 0.3) is 0 Å². The number of rotatable bonds is 4. The molecule has 0 atom stereocenters. The van der Waals surface area contributed by atoms with Crippen molar-refractivity contribution in [2.75, 3.05) is 11.9 Å². The Morgan fingerprint density at radius 3 is 2.52 bits per heavy atom. The van der Waals surface area contributed by atoms with E-state index in [1.165, 1.54) is 0 Å². The van der Waals surface area contributed by atoms with Gasteiger partial charge in [0.1, 0.15) is 0 Å². The normalized spacial score (nSPS) is 10.7. The number of carbonyl (C=O) groups excluding carboxylic acids is 1. The van der Waals surface area contributed by atoms with Crippen molar-refractivity contribution < 1.29 is 9.53 Å². The minimum Gasteiger partial charge on any atom is -0.461 e. The maximum absolute atomic E-state index is 12.1. The van der Waals surface area contributed by atoms with Gasteiger partial charge in [-0.25, -0.2) is 9.78 Å². The lowest BCUT2D eigenvalue weighted by molar-refractivity contribution is 0.0520. The Kier molecular flexibility index (Phi) is 4.91. The molecule has 0 aliphatic rings. The Balaban J connectivity index is 2.13. The number of carbonyl (C=O) groups is 1. The summed E-state index contributed by atoms with van der Waals surface area (Å²) in [4.78, 5) is 16.6. The molecule has 0 saturated carbocycles. The van der Waals surface area contributed by atoms with Crippen molar-refractivity contribution in [1.82, 2.24) is 4.98 Å². The standard InChI is InChI=1S/C20H19ClN2O2/c1-4-25-20(24)19-11-18(14-9-12(2)5-7-16(14)22-19)23-17-8-6-13(3)10-15(17)21/h5-11H,4H2,1-3H3,(H,22,23). The molecule has 0 fully saturated rings. The maximum atomic E-state index is 12.1. The first-order chi connectivity index (χ1) is 12.0. The summed E-state index contributed by atoms with van der Waals surface area (Å²) >= 11 is 6.34. The van der Waals surface area contributed by atoms with Crippen LogP contribution in [-0.4, -0.2) is 17.6 Å². The minimum absolute atomic E-state index is 0.268. The van der Waals surface area contributed by atoms with Gasteiger partial charge in [-0.1, -0.05) is 29.3 Å². The Labute approximate surface area is 151 Å². The fourth-order valence-corrected chi connectivity index (χ4v) is 2.90. The number of esters is 1. The van der Waals surface area contributed by atoms with Gasteiger partial charge >= 0.3 is 5.97 Å². The monoisotopic (exact) mass is 354 g/mol. The summed E-state index contributed by atoms with van der Waals surface area (Å²) in [6.07, 6.45) is 0. The highest BCUT2D eigenvalue weighted by Gasteiger charge is 2.14. The SMILES string of the molecule is CCOC(=O)c1cc(Nc2ccc(C)cc2Cl)c2cc(C)ccc2n1. The average molecular weight is 355 g/mol. The second-order valence-corrected chi connectivity index (χ2v) is 6.31. The number of pyridine rings is 1. The second kappa shape index (κ2) is 7.11. The number of halogens is 1. The van der Waals surface area contributed by atoms with E-state index >= 15 is 0 Å². The van der Waals surface area contributed by atoms with Crippen molar-refractivity contribution in [2.45, 2.75) is 20.8 Å². The Hall–Kier alpha value is -2.59. The number of benzene rings is 2. The van der Waals surface area contributed by atoms with Crippen LogP contribution in [0.1, 0.15) is 28.5 Å². The molecule has 128 valence electrons. The van der Waals surface area contributed by atoms with Gasteiger partial charge in [0, 0.05) is 5.39 Å². The molecule has 1 N–H and O–H groups in total. The van der Waals surface area contributed by atoms with Crippen molar-refractivity contribution in [3.63, 3.8) is 0 Å². The molecule has 0 saturated heterocycles. The lowest BCUT2D eigenvalue weighted by Crippen LogP contribution is -2.08. The minimum atomic E-state index is -0.442.